The van der Waals surface area contributed by atoms with Gasteiger partial charge in [-0.2, -0.15) is 8.75 Å². The molecule has 2 aromatic rings. The van der Waals surface area contributed by atoms with Crippen molar-refractivity contribution in [3.05, 3.63) is 77.5 Å². The van der Waals surface area contributed by atoms with Gasteiger partial charge in [0.05, 0.1) is 39.3 Å². The van der Waals surface area contributed by atoms with Crippen LogP contribution in [0.4, 0.5) is 0 Å². The fourth-order valence-electron chi connectivity index (χ4n) is 4.55. The third-order valence-electron chi connectivity index (χ3n) is 6.47. The molecule has 1 aromatic carbocycles. The topological polar surface area (TPSA) is 103 Å². The van der Waals surface area contributed by atoms with Gasteiger partial charge in [0.15, 0.2) is 17.2 Å². The molecule has 1 fully saturated rings. The Bertz CT molecular complexity index is 1140. The standard InChI is InChI=1S/C28H36N4O5S/c1-6-10-23(26(37-5)19(2)35-3)25(27(33)30-21-11-8-7-9-12-21)32(28(34)24-17-29-38-31-24)18-20-13-15-22(36-4)16-14-20/h6,10,13-17,21,25H,2,7-9,11-12,18H2,1,3-5H3,(H,30,33). The molecule has 1 aromatic heterocycles. The van der Waals surface area contributed by atoms with E-state index in [0.717, 1.165) is 49.4 Å². The van der Waals surface area contributed by atoms with Crippen molar-refractivity contribution < 1.29 is 23.8 Å². The van der Waals surface area contributed by atoms with Crippen LogP contribution in [-0.2, 0) is 20.8 Å². The quantitative estimate of drug-likeness (QED) is 0.309. The van der Waals surface area contributed by atoms with Gasteiger partial charge in [-0.05, 0) is 37.5 Å². The average Bonchev–Trinajstić information content (AvgIpc) is 3.48. The van der Waals surface area contributed by atoms with Crippen molar-refractivity contribution in [2.45, 2.75) is 57.7 Å². The molecule has 2 amide bonds. The van der Waals surface area contributed by atoms with Crippen molar-refractivity contribution in [1.29, 1.82) is 0 Å². The molecule has 0 radical (unpaired) electrons. The van der Waals surface area contributed by atoms with E-state index in [1.54, 1.807) is 19.3 Å². The maximum Gasteiger partial charge on any atom is 0.276 e. The summed E-state index contributed by atoms with van der Waals surface area (Å²) in [6.45, 7) is 5.91. The second-order valence-electron chi connectivity index (χ2n) is 8.94. The van der Waals surface area contributed by atoms with Crippen LogP contribution >= 0.6 is 11.7 Å². The SMILES string of the molecule is C=C(OC)C(OC)=C(C=CC)C(C(=O)NC1CCCCC1)N(Cc1ccc(OC)cc1)C(=O)c1cnsn1. The summed E-state index contributed by atoms with van der Waals surface area (Å²) in [6, 6.07) is 6.32. The first-order valence-corrected chi connectivity index (χ1v) is 13.3. The predicted molar refractivity (Wildman–Crippen MR) is 147 cm³/mol. The Hall–Kier alpha value is -3.66. The highest BCUT2D eigenvalue weighted by atomic mass is 32.1. The van der Waals surface area contributed by atoms with E-state index < -0.39 is 11.9 Å². The second-order valence-corrected chi connectivity index (χ2v) is 9.49. The van der Waals surface area contributed by atoms with Gasteiger partial charge in [0.25, 0.3) is 5.91 Å². The summed E-state index contributed by atoms with van der Waals surface area (Å²) in [5, 5.41) is 3.20. The van der Waals surface area contributed by atoms with Gasteiger partial charge in [-0.1, -0.05) is 50.1 Å². The number of benzene rings is 1. The lowest BCUT2D eigenvalue weighted by molar-refractivity contribution is -0.125. The van der Waals surface area contributed by atoms with E-state index in [2.05, 4.69) is 20.6 Å². The van der Waals surface area contributed by atoms with Crippen molar-refractivity contribution in [2.24, 2.45) is 0 Å². The predicted octanol–water partition coefficient (Wildman–Crippen LogP) is 4.64. The number of amides is 2. The molecule has 1 aliphatic rings. The number of nitrogens with zero attached hydrogens (tertiary/aromatic N) is 3. The Morgan fingerprint density at radius 2 is 1.87 bits per heavy atom. The Labute approximate surface area is 228 Å². The minimum Gasteiger partial charge on any atom is -0.497 e. The minimum atomic E-state index is -1.06. The highest BCUT2D eigenvalue weighted by molar-refractivity contribution is 6.99. The number of rotatable bonds is 12. The number of nitrogens with one attached hydrogen (secondary N) is 1. The van der Waals surface area contributed by atoms with Gasteiger partial charge < -0.3 is 24.4 Å². The number of methoxy groups -OCH3 is 3. The highest BCUT2D eigenvalue weighted by Crippen LogP contribution is 2.27. The number of allylic oxidation sites excluding steroid dienone is 1. The first-order valence-electron chi connectivity index (χ1n) is 12.6. The van der Waals surface area contributed by atoms with Crippen LogP contribution in [0.2, 0.25) is 0 Å². The molecule has 1 saturated carbocycles. The monoisotopic (exact) mass is 540 g/mol. The Balaban J connectivity index is 2.16. The van der Waals surface area contributed by atoms with Gasteiger partial charge >= 0.3 is 0 Å². The first kappa shape index (κ1) is 28.9. The number of ether oxygens (including phenoxy) is 3. The smallest absolute Gasteiger partial charge is 0.276 e. The third-order valence-corrected chi connectivity index (χ3v) is 6.95. The van der Waals surface area contributed by atoms with Crippen LogP contribution in [-0.4, -0.2) is 58.9 Å². The molecule has 0 spiro atoms. The molecule has 3 rings (SSSR count). The van der Waals surface area contributed by atoms with E-state index in [0.29, 0.717) is 11.3 Å². The van der Waals surface area contributed by atoms with Gasteiger partial charge in [-0.3, -0.25) is 9.59 Å². The van der Waals surface area contributed by atoms with Crippen LogP contribution in [0.15, 0.2) is 66.3 Å². The van der Waals surface area contributed by atoms with Crippen LogP contribution in [0.5, 0.6) is 5.75 Å². The van der Waals surface area contributed by atoms with Crippen LogP contribution in [0, 0.1) is 0 Å². The summed E-state index contributed by atoms with van der Waals surface area (Å²) in [6.07, 6.45) is 10.00. The third kappa shape index (κ3) is 7.22. The molecule has 1 unspecified atom stereocenters. The zero-order valence-corrected chi connectivity index (χ0v) is 23.3. The van der Waals surface area contributed by atoms with Crippen LogP contribution < -0.4 is 10.1 Å². The zero-order valence-electron chi connectivity index (χ0n) is 22.4. The van der Waals surface area contributed by atoms with Gasteiger partial charge in [0.1, 0.15) is 11.8 Å². The maximum absolute atomic E-state index is 14.1. The largest absolute Gasteiger partial charge is 0.497 e. The van der Waals surface area contributed by atoms with E-state index in [1.165, 1.54) is 25.3 Å². The number of carbonyl (C=O) groups is 2. The molecule has 1 N–H and O–H groups in total. The van der Waals surface area contributed by atoms with Gasteiger partial charge in [0, 0.05) is 18.2 Å². The van der Waals surface area contributed by atoms with E-state index in [4.69, 9.17) is 14.2 Å². The molecule has 0 saturated heterocycles. The molecule has 9 nitrogen and oxygen atoms in total. The van der Waals surface area contributed by atoms with E-state index in [9.17, 15) is 9.59 Å². The molecule has 1 aliphatic carbocycles. The Kier molecular flexibility index (Phi) is 10.9. The lowest BCUT2D eigenvalue weighted by Crippen LogP contribution is -2.53. The van der Waals surface area contributed by atoms with Crippen molar-refractivity contribution in [1.82, 2.24) is 19.0 Å². The first-order chi connectivity index (χ1) is 18.4. The molecule has 10 heteroatoms. The summed E-state index contributed by atoms with van der Waals surface area (Å²) in [5.41, 5.74) is 1.41. The van der Waals surface area contributed by atoms with Crippen molar-refractivity contribution in [3.63, 3.8) is 0 Å². The number of hydrogen-bond donors (Lipinski definition) is 1. The lowest BCUT2D eigenvalue weighted by atomic mass is 9.94. The molecular weight excluding hydrogens is 504 g/mol. The molecule has 1 atom stereocenters. The van der Waals surface area contributed by atoms with E-state index in [-0.39, 0.29) is 35.7 Å². The molecular formula is C28H36N4O5S. The molecule has 1 heterocycles. The van der Waals surface area contributed by atoms with Crippen LogP contribution in [0.25, 0.3) is 0 Å². The van der Waals surface area contributed by atoms with E-state index >= 15 is 0 Å². The fraction of sp³-hybridized carbons (Fsp3) is 0.429. The maximum atomic E-state index is 14.1. The van der Waals surface area contributed by atoms with Crippen molar-refractivity contribution >= 4 is 23.5 Å². The zero-order chi connectivity index (χ0) is 27.5. The summed E-state index contributed by atoms with van der Waals surface area (Å²) >= 11 is 0.934. The normalized spacial score (nSPS) is 15.4. The number of hydrogen-bond acceptors (Lipinski definition) is 8. The lowest BCUT2D eigenvalue weighted by Gasteiger charge is -2.34. The van der Waals surface area contributed by atoms with Crippen LogP contribution in [0.1, 0.15) is 55.1 Å². The second kappa shape index (κ2) is 14.3. The summed E-state index contributed by atoms with van der Waals surface area (Å²) in [7, 11) is 4.56. The Morgan fingerprint density at radius 3 is 2.42 bits per heavy atom. The summed E-state index contributed by atoms with van der Waals surface area (Å²) in [5.74, 6) is 0.461. The molecule has 0 aliphatic heterocycles. The van der Waals surface area contributed by atoms with Crippen molar-refractivity contribution in [2.75, 3.05) is 21.3 Å². The number of carbonyl (C=O) groups excluding carboxylic acids is 2. The number of aromatic nitrogens is 2. The highest BCUT2D eigenvalue weighted by Gasteiger charge is 2.37. The minimum absolute atomic E-state index is 0.0288. The fourth-order valence-corrected chi connectivity index (χ4v) is 4.95. The van der Waals surface area contributed by atoms with Gasteiger partial charge in [-0.25, -0.2) is 0 Å². The Morgan fingerprint density at radius 1 is 1.16 bits per heavy atom. The molecule has 204 valence electrons. The average molecular weight is 541 g/mol. The summed E-state index contributed by atoms with van der Waals surface area (Å²) in [4.78, 5) is 29.5. The summed E-state index contributed by atoms with van der Waals surface area (Å²) < 4.78 is 24.5. The van der Waals surface area contributed by atoms with Crippen molar-refractivity contribution in [3.8, 4) is 5.75 Å². The van der Waals surface area contributed by atoms with Gasteiger partial charge in [-0.15, -0.1) is 0 Å². The van der Waals surface area contributed by atoms with Crippen LogP contribution in [0.3, 0.4) is 0 Å². The van der Waals surface area contributed by atoms with Gasteiger partial charge in [0.2, 0.25) is 5.91 Å². The van der Waals surface area contributed by atoms with E-state index in [1.807, 2.05) is 31.2 Å². The molecule has 0 bridgehead atoms. The molecule has 38 heavy (non-hydrogen) atoms.